The number of hydrogen-bond acceptors (Lipinski definition) is 3. The maximum atomic E-state index is 12.5. The zero-order valence-electron chi connectivity index (χ0n) is 15.0. The predicted octanol–water partition coefficient (Wildman–Crippen LogP) is 3.89. The van der Waals surface area contributed by atoms with Gasteiger partial charge in [0, 0.05) is 5.69 Å². The number of ether oxygens (including phenoxy) is 1. The number of alkyl halides is 3. The van der Waals surface area contributed by atoms with E-state index in [-0.39, 0.29) is 30.0 Å². The van der Waals surface area contributed by atoms with E-state index in [1.807, 2.05) is 12.8 Å². The molecule has 1 aromatic carbocycles. The fourth-order valence-corrected chi connectivity index (χ4v) is 3.65. The van der Waals surface area contributed by atoms with E-state index in [2.05, 4.69) is 4.74 Å². The van der Waals surface area contributed by atoms with E-state index in [0.717, 1.165) is 17.4 Å². The summed E-state index contributed by atoms with van der Waals surface area (Å²) in [4.78, 5) is 25.7. The standard InChI is InChI=1S/C19H20F3NO4/c1-4-16(24)23(18(17(25)26)9-5-6-12(2)11-18)14-7-8-15(13(3)10-14)27-19(20,21)22/h1,7-8,10,12H,5-6,9,11H2,2-3H3,(H,25,26)/t12-,18-/m0/s1. The van der Waals surface area contributed by atoms with E-state index in [1.165, 1.54) is 19.1 Å². The maximum absolute atomic E-state index is 12.5. The molecule has 0 spiro atoms. The van der Waals surface area contributed by atoms with Gasteiger partial charge in [0.2, 0.25) is 0 Å². The van der Waals surface area contributed by atoms with Crippen molar-refractivity contribution >= 4 is 17.6 Å². The summed E-state index contributed by atoms with van der Waals surface area (Å²) in [5.41, 5.74) is -1.31. The molecule has 0 heterocycles. The van der Waals surface area contributed by atoms with Crippen LogP contribution in [0.4, 0.5) is 18.9 Å². The molecule has 1 fully saturated rings. The second-order valence-corrected chi connectivity index (χ2v) is 6.82. The maximum Gasteiger partial charge on any atom is 0.573 e. The molecule has 1 amide bonds. The summed E-state index contributed by atoms with van der Waals surface area (Å²) >= 11 is 0. The van der Waals surface area contributed by atoms with Gasteiger partial charge in [-0.1, -0.05) is 19.8 Å². The second-order valence-electron chi connectivity index (χ2n) is 6.82. The van der Waals surface area contributed by atoms with Crippen LogP contribution in [0.25, 0.3) is 0 Å². The molecule has 146 valence electrons. The van der Waals surface area contributed by atoms with Gasteiger partial charge in [-0.05, 0) is 55.4 Å². The van der Waals surface area contributed by atoms with Crippen LogP contribution >= 0.6 is 0 Å². The molecule has 0 saturated heterocycles. The van der Waals surface area contributed by atoms with Crippen molar-refractivity contribution in [1.29, 1.82) is 0 Å². The minimum Gasteiger partial charge on any atom is -0.479 e. The lowest BCUT2D eigenvalue weighted by Crippen LogP contribution is -2.59. The highest BCUT2D eigenvalue weighted by molar-refractivity contribution is 6.10. The zero-order valence-corrected chi connectivity index (χ0v) is 15.0. The molecular formula is C19H20F3NO4. The Hall–Kier alpha value is -2.69. The normalized spacial score (nSPS) is 22.6. The molecule has 5 nitrogen and oxygen atoms in total. The van der Waals surface area contributed by atoms with Crippen LogP contribution in [-0.2, 0) is 9.59 Å². The van der Waals surface area contributed by atoms with Gasteiger partial charge in [0.25, 0.3) is 0 Å². The van der Waals surface area contributed by atoms with Crippen LogP contribution in [0.5, 0.6) is 5.75 Å². The monoisotopic (exact) mass is 383 g/mol. The molecule has 0 unspecified atom stereocenters. The molecule has 27 heavy (non-hydrogen) atoms. The smallest absolute Gasteiger partial charge is 0.479 e. The van der Waals surface area contributed by atoms with E-state index < -0.39 is 29.5 Å². The quantitative estimate of drug-likeness (QED) is 0.801. The summed E-state index contributed by atoms with van der Waals surface area (Å²) in [5.74, 6) is -0.478. The van der Waals surface area contributed by atoms with Crippen LogP contribution < -0.4 is 9.64 Å². The first kappa shape index (κ1) is 20.6. The number of aliphatic carboxylic acids is 1. The molecule has 1 aromatic rings. The Kier molecular flexibility index (Phi) is 5.73. The molecule has 2 atom stereocenters. The second kappa shape index (κ2) is 7.51. The van der Waals surface area contributed by atoms with E-state index in [9.17, 15) is 27.9 Å². The molecule has 0 aromatic heterocycles. The van der Waals surface area contributed by atoms with Gasteiger partial charge in [-0.25, -0.2) is 4.79 Å². The first-order chi connectivity index (χ1) is 12.5. The largest absolute Gasteiger partial charge is 0.573 e. The van der Waals surface area contributed by atoms with E-state index in [0.29, 0.717) is 6.42 Å². The molecule has 1 aliphatic rings. The lowest BCUT2D eigenvalue weighted by atomic mass is 9.75. The number of benzene rings is 1. The highest BCUT2D eigenvalue weighted by atomic mass is 19.4. The van der Waals surface area contributed by atoms with Crippen LogP contribution in [0, 0.1) is 25.2 Å². The number of halogens is 3. The molecule has 2 rings (SSSR count). The van der Waals surface area contributed by atoms with Crippen LogP contribution in [0.1, 0.15) is 38.2 Å². The van der Waals surface area contributed by atoms with Gasteiger partial charge in [-0.15, -0.1) is 19.6 Å². The highest BCUT2D eigenvalue weighted by Gasteiger charge is 2.49. The van der Waals surface area contributed by atoms with Crippen LogP contribution in [0.15, 0.2) is 18.2 Å². The summed E-state index contributed by atoms with van der Waals surface area (Å²) < 4.78 is 41.3. The van der Waals surface area contributed by atoms with Crippen molar-refractivity contribution < 1.29 is 32.6 Å². The highest BCUT2D eigenvalue weighted by Crippen LogP contribution is 2.41. The number of carboxylic acids is 1. The van der Waals surface area contributed by atoms with Crippen molar-refractivity contribution in [2.45, 2.75) is 51.4 Å². The Morgan fingerprint density at radius 1 is 1.41 bits per heavy atom. The minimum atomic E-state index is -4.86. The first-order valence-electron chi connectivity index (χ1n) is 8.41. The SMILES string of the molecule is C#CC(=O)N(c1ccc(OC(F)(F)F)c(C)c1)[C@@]1(C(=O)O)CCC[C@H](C)C1. The molecule has 0 aliphatic heterocycles. The topological polar surface area (TPSA) is 66.8 Å². The Balaban J connectivity index is 2.54. The summed E-state index contributed by atoms with van der Waals surface area (Å²) in [5, 5.41) is 9.92. The summed E-state index contributed by atoms with van der Waals surface area (Å²) in [6.45, 7) is 3.26. The number of terminal acetylenes is 1. The molecule has 8 heteroatoms. The minimum absolute atomic E-state index is 0.0526. The van der Waals surface area contributed by atoms with Crippen molar-refractivity contribution in [1.82, 2.24) is 0 Å². The van der Waals surface area contributed by atoms with E-state index in [1.54, 1.807) is 0 Å². The Labute approximate surface area is 155 Å². The number of aryl methyl sites for hydroxylation is 1. The predicted molar refractivity (Wildman–Crippen MR) is 92.2 cm³/mol. The zero-order chi connectivity index (χ0) is 20.4. The third kappa shape index (κ3) is 4.35. The van der Waals surface area contributed by atoms with E-state index in [4.69, 9.17) is 6.42 Å². The number of anilines is 1. The number of hydrogen-bond donors (Lipinski definition) is 1. The van der Waals surface area contributed by atoms with Gasteiger partial charge in [0.1, 0.15) is 11.3 Å². The van der Waals surface area contributed by atoms with Crippen LogP contribution in [0.2, 0.25) is 0 Å². The van der Waals surface area contributed by atoms with Crippen molar-refractivity contribution in [3.8, 4) is 18.1 Å². The number of carbonyl (C=O) groups is 2. The van der Waals surface area contributed by atoms with Gasteiger partial charge < -0.3 is 9.84 Å². The van der Waals surface area contributed by atoms with Gasteiger partial charge >= 0.3 is 18.2 Å². The van der Waals surface area contributed by atoms with Gasteiger partial charge in [0.15, 0.2) is 0 Å². The molecule has 0 radical (unpaired) electrons. The lowest BCUT2D eigenvalue weighted by Gasteiger charge is -2.44. The average molecular weight is 383 g/mol. The third-order valence-corrected chi connectivity index (χ3v) is 4.77. The molecule has 1 saturated carbocycles. The third-order valence-electron chi connectivity index (χ3n) is 4.77. The van der Waals surface area contributed by atoms with Crippen molar-refractivity contribution in [3.05, 3.63) is 23.8 Å². The average Bonchev–Trinajstić information content (AvgIpc) is 2.56. The Bertz CT molecular complexity index is 784. The van der Waals surface area contributed by atoms with Crippen LogP contribution in [-0.4, -0.2) is 28.9 Å². The summed E-state index contributed by atoms with van der Waals surface area (Å²) in [7, 11) is 0. The van der Waals surface area contributed by atoms with Crippen molar-refractivity contribution in [2.24, 2.45) is 5.92 Å². The van der Waals surface area contributed by atoms with Gasteiger partial charge in [-0.3, -0.25) is 9.69 Å². The van der Waals surface area contributed by atoms with Crippen molar-refractivity contribution in [3.63, 3.8) is 0 Å². The number of nitrogens with zero attached hydrogens (tertiary/aromatic N) is 1. The van der Waals surface area contributed by atoms with E-state index >= 15 is 0 Å². The lowest BCUT2D eigenvalue weighted by molar-refractivity contribution is -0.274. The van der Waals surface area contributed by atoms with Gasteiger partial charge in [0.05, 0.1) is 0 Å². The van der Waals surface area contributed by atoms with Crippen molar-refractivity contribution in [2.75, 3.05) is 4.90 Å². The van der Waals surface area contributed by atoms with Crippen LogP contribution in [0.3, 0.4) is 0 Å². The Morgan fingerprint density at radius 2 is 2.07 bits per heavy atom. The Morgan fingerprint density at radius 3 is 2.56 bits per heavy atom. The number of rotatable bonds is 4. The summed E-state index contributed by atoms with van der Waals surface area (Å²) in [6, 6.07) is 3.55. The first-order valence-corrected chi connectivity index (χ1v) is 8.41. The number of amides is 1. The molecule has 1 aliphatic carbocycles. The number of carbonyl (C=O) groups excluding carboxylic acids is 1. The molecular weight excluding hydrogens is 363 g/mol. The van der Waals surface area contributed by atoms with Gasteiger partial charge in [-0.2, -0.15) is 0 Å². The molecule has 1 N–H and O–H groups in total. The fourth-order valence-electron chi connectivity index (χ4n) is 3.65. The molecule has 0 bridgehead atoms. The summed E-state index contributed by atoms with van der Waals surface area (Å²) in [6.07, 6.45) is 2.22. The fraction of sp³-hybridized carbons (Fsp3) is 0.474. The number of carboxylic acid groups (broad SMARTS) is 1.